The van der Waals surface area contributed by atoms with Gasteiger partial charge in [0.05, 0.1) is 19.1 Å². The lowest BCUT2D eigenvalue weighted by Gasteiger charge is -2.18. The molecule has 132 valence electrons. The van der Waals surface area contributed by atoms with E-state index in [0.717, 1.165) is 11.1 Å². The van der Waals surface area contributed by atoms with Crippen LogP contribution in [0.2, 0.25) is 5.02 Å². The highest BCUT2D eigenvalue weighted by molar-refractivity contribution is 6.31. The van der Waals surface area contributed by atoms with Crippen molar-refractivity contribution in [1.82, 2.24) is 5.32 Å². The fourth-order valence-electron chi connectivity index (χ4n) is 2.37. The van der Waals surface area contributed by atoms with E-state index < -0.39 is 12.1 Å². The van der Waals surface area contributed by atoms with Gasteiger partial charge in [0.25, 0.3) is 0 Å². The zero-order valence-electron chi connectivity index (χ0n) is 14.2. The molecule has 0 heterocycles. The van der Waals surface area contributed by atoms with Crippen molar-refractivity contribution in [2.24, 2.45) is 0 Å². The minimum absolute atomic E-state index is 0.0878. The van der Waals surface area contributed by atoms with Gasteiger partial charge in [0.15, 0.2) is 0 Å². The van der Waals surface area contributed by atoms with Crippen LogP contribution in [0.25, 0.3) is 0 Å². The van der Waals surface area contributed by atoms with Crippen molar-refractivity contribution in [2.45, 2.75) is 26.3 Å². The van der Waals surface area contributed by atoms with Gasteiger partial charge in [0.2, 0.25) is 5.91 Å². The summed E-state index contributed by atoms with van der Waals surface area (Å²) in [6.07, 6.45) is -0.462. The first-order chi connectivity index (χ1) is 12.0. The van der Waals surface area contributed by atoms with E-state index in [2.05, 4.69) is 10.6 Å². The van der Waals surface area contributed by atoms with E-state index in [1.165, 1.54) is 0 Å². The Balaban J connectivity index is 2.08. The second-order valence-corrected chi connectivity index (χ2v) is 5.95. The Morgan fingerprint density at radius 1 is 1.16 bits per heavy atom. The number of ether oxygens (including phenoxy) is 1. The molecule has 0 unspecified atom stereocenters. The molecular weight excluding hydrogens is 340 g/mol. The maximum atomic E-state index is 12.4. The molecule has 0 fully saturated rings. The van der Waals surface area contributed by atoms with Crippen molar-refractivity contribution < 1.29 is 14.3 Å². The van der Waals surface area contributed by atoms with E-state index in [1.807, 2.05) is 37.3 Å². The lowest BCUT2D eigenvalue weighted by Crippen LogP contribution is -2.32. The number of halogens is 1. The van der Waals surface area contributed by atoms with Crippen molar-refractivity contribution in [3.05, 3.63) is 64.7 Å². The Morgan fingerprint density at radius 2 is 1.88 bits per heavy atom. The zero-order chi connectivity index (χ0) is 18.2. The van der Waals surface area contributed by atoms with E-state index in [1.54, 1.807) is 25.1 Å². The molecule has 0 radical (unpaired) electrons. The smallest absolute Gasteiger partial charge is 0.407 e. The van der Waals surface area contributed by atoms with Gasteiger partial charge in [-0.1, -0.05) is 41.9 Å². The minimum atomic E-state index is -0.550. The summed E-state index contributed by atoms with van der Waals surface area (Å²) in [6.45, 7) is 3.86. The molecule has 0 aliphatic heterocycles. The van der Waals surface area contributed by atoms with Crippen molar-refractivity contribution in [1.29, 1.82) is 0 Å². The zero-order valence-corrected chi connectivity index (χ0v) is 15.0. The third-order valence-corrected chi connectivity index (χ3v) is 4.02. The molecule has 0 aliphatic carbocycles. The van der Waals surface area contributed by atoms with Crippen LogP contribution in [0.5, 0.6) is 0 Å². The van der Waals surface area contributed by atoms with Crippen molar-refractivity contribution in [2.75, 3.05) is 11.9 Å². The van der Waals surface area contributed by atoms with E-state index in [4.69, 9.17) is 16.3 Å². The number of hydrogen-bond donors (Lipinski definition) is 2. The average Bonchev–Trinajstić information content (AvgIpc) is 2.58. The van der Waals surface area contributed by atoms with Crippen LogP contribution in [0.15, 0.2) is 48.5 Å². The highest BCUT2D eigenvalue weighted by Gasteiger charge is 2.19. The number of rotatable bonds is 6. The molecular formula is C19H21ClN2O3. The van der Waals surface area contributed by atoms with Gasteiger partial charge in [-0.2, -0.15) is 0 Å². The molecule has 1 atom stereocenters. The number of carbonyl (C=O) groups is 2. The van der Waals surface area contributed by atoms with Crippen LogP contribution < -0.4 is 10.6 Å². The number of alkyl carbamates (subject to hydrolysis) is 1. The van der Waals surface area contributed by atoms with Gasteiger partial charge in [0, 0.05) is 10.7 Å². The summed E-state index contributed by atoms with van der Waals surface area (Å²) in [5.74, 6) is -0.215. The van der Waals surface area contributed by atoms with Crippen molar-refractivity contribution in [3.8, 4) is 0 Å². The Kier molecular flexibility index (Phi) is 6.83. The predicted octanol–water partition coefficient (Wildman–Crippen LogP) is 4.46. The monoisotopic (exact) mass is 360 g/mol. The summed E-state index contributed by atoms with van der Waals surface area (Å²) in [7, 11) is 0. The van der Waals surface area contributed by atoms with E-state index in [0.29, 0.717) is 10.7 Å². The summed E-state index contributed by atoms with van der Waals surface area (Å²) >= 11 is 5.99. The first kappa shape index (κ1) is 18.8. The van der Waals surface area contributed by atoms with E-state index in [9.17, 15) is 9.59 Å². The second-order valence-electron chi connectivity index (χ2n) is 5.54. The molecule has 2 amide bonds. The third kappa shape index (κ3) is 5.80. The SMILES string of the molecule is CCOC(=O)N[C@@H](CC(=O)Nc1ccc(Cl)c(C)c1)c1ccccc1. The minimum Gasteiger partial charge on any atom is -0.450 e. The molecule has 2 N–H and O–H groups in total. The van der Waals surface area contributed by atoms with Gasteiger partial charge in [-0.05, 0) is 43.2 Å². The van der Waals surface area contributed by atoms with Crippen LogP contribution in [-0.4, -0.2) is 18.6 Å². The summed E-state index contributed by atoms with van der Waals surface area (Å²) in [5, 5.41) is 6.20. The first-order valence-electron chi connectivity index (χ1n) is 8.04. The molecule has 0 saturated heterocycles. The van der Waals surface area contributed by atoms with E-state index in [-0.39, 0.29) is 18.9 Å². The van der Waals surface area contributed by atoms with Crippen LogP contribution in [0.4, 0.5) is 10.5 Å². The maximum Gasteiger partial charge on any atom is 0.407 e. The van der Waals surface area contributed by atoms with Gasteiger partial charge in [0.1, 0.15) is 0 Å². The molecule has 2 aromatic carbocycles. The lowest BCUT2D eigenvalue weighted by molar-refractivity contribution is -0.116. The summed E-state index contributed by atoms with van der Waals surface area (Å²) in [5.41, 5.74) is 2.37. The molecule has 0 spiro atoms. The number of anilines is 1. The molecule has 0 bridgehead atoms. The van der Waals surface area contributed by atoms with E-state index >= 15 is 0 Å². The molecule has 0 saturated carbocycles. The maximum absolute atomic E-state index is 12.4. The summed E-state index contributed by atoms with van der Waals surface area (Å²) < 4.78 is 4.93. The molecule has 2 aromatic rings. The largest absolute Gasteiger partial charge is 0.450 e. The van der Waals surface area contributed by atoms with Gasteiger partial charge >= 0.3 is 6.09 Å². The number of aryl methyl sites for hydroxylation is 1. The standard InChI is InChI=1S/C19H21ClN2O3/c1-3-25-19(24)22-17(14-7-5-4-6-8-14)12-18(23)21-15-9-10-16(20)13(2)11-15/h4-11,17H,3,12H2,1-2H3,(H,21,23)(H,22,24)/t17-/m0/s1. The molecule has 2 rings (SSSR count). The molecule has 25 heavy (non-hydrogen) atoms. The number of nitrogens with one attached hydrogen (secondary N) is 2. The first-order valence-corrected chi connectivity index (χ1v) is 8.41. The molecule has 0 aliphatic rings. The van der Waals surface area contributed by atoms with Crippen molar-refractivity contribution >= 4 is 29.3 Å². The molecule has 5 nitrogen and oxygen atoms in total. The predicted molar refractivity (Wildman–Crippen MR) is 98.8 cm³/mol. The Labute approximate surface area is 152 Å². The molecule has 6 heteroatoms. The average molecular weight is 361 g/mol. The normalized spacial score (nSPS) is 11.5. The second kappa shape index (κ2) is 9.08. The summed E-state index contributed by atoms with van der Waals surface area (Å²) in [6, 6.07) is 14.1. The lowest BCUT2D eigenvalue weighted by atomic mass is 10.0. The van der Waals surface area contributed by atoms with Crippen LogP contribution in [0.1, 0.15) is 30.5 Å². The van der Waals surface area contributed by atoms with Crippen LogP contribution >= 0.6 is 11.6 Å². The van der Waals surface area contributed by atoms with Crippen LogP contribution in [-0.2, 0) is 9.53 Å². The third-order valence-electron chi connectivity index (χ3n) is 3.60. The van der Waals surface area contributed by atoms with Crippen LogP contribution in [0, 0.1) is 6.92 Å². The Hall–Kier alpha value is -2.53. The quantitative estimate of drug-likeness (QED) is 0.798. The van der Waals surface area contributed by atoms with Gasteiger partial charge in [-0.3, -0.25) is 4.79 Å². The molecule has 0 aromatic heterocycles. The fraction of sp³-hybridized carbons (Fsp3) is 0.263. The Morgan fingerprint density at radius 3 is 2.52 bits per heavy atom. The van der Waals surface area contributed by atoms with Gasteiger partial charge < -0.3 is 15.4 Å². The number of amides is 2. The van der Waals surface area contributed by atoms with Crippen molar-refractivity contribution in [3.63, 3.8) is 0 Å². The van der Waals surface area contributed by atoms with Crippen LogP contribution in [0.3, 0.4) is 0 Å². The summed E-state index contributed by atoms with van der Waals surface area (Å²) in [4.78, 5) is 24.2. The highest BCUT2D eigenvalue weighted by atomic mass is 35.5. The number of benzene rings is 2. The Bertz CT molecular complexity index is 735. The fourth-order valence-corrected chi connectivity index (χ4v) is 2.49. The highest BCUT2D eigenvalue weighted by Crippen LogP contribution is 2.21. The number of hydrogen-bond acceptors (Lipinski definition) is 3. The van der Waals surface area contributed by atoms with Gasteiger partial charge in [-0.25, -0.2) is 4.79 Å². The number of carbonyl (C=O) groups excluding carboxylic acids is 2. The van der Waals surface area contributed by atoms with Gasteiger partial charge in [-0.15, -0.1) is 0 Å². The topological polar surface area (TPSA) is 67.4 Å².